The van der Waals surface area contributed by atoms with E-state index in [9.17, 15) is 9.59 Å². The van der Waals surface area contributed by atoms with E-state index in [4.69, 9.17) is 16.3 Å². The number of hydrogen-bond donors (Lipinski definition) is 1. The van der Waals surface area contributed by atoms with Crippen LogP contribution in [0.2, 0.25) is 5.02 Å². The molecule has 3 aromatic rings. The van der Waals surface area contributed by atoms with Crippen LogP contribution in [0.3, 0.4) is 0 Å². The van der Waals surface area contributed by atoms with Crippen molar-refractivity contribution in [3.05, 3.63) is 99.6 Å². The Morgan fingerprint density at radius 3 is 2.31 bits per heavy atom. The second-order valence-electron chi connectivity index (χ2n) is 8.74. The molecule has 6 heteroatoms. The van der Waals surface area contributed by atoms with Crippen molar-refractivity contribution in [1.82, 2.24) is 10.2 Å². The standard InChI is InChI=1S/C29H33ClN2O3/c1-5-31-29(34)26(17-23-9-7-6-8-10-23)32(18-24-11-13-25(30)14-12-24)28(33)19-35-27-16-20(2)15-21(3)22(27)4/h6-16,26H,5,17-19H2,1-4H3,(H,31,34)/t26-/m1/s1. The summed E-state index contributed by atoms with van der Waals surface area (Å²) in [7, 11) is 0. The Labute approximate surface area is 213 Å². The third-order valence-electron chi connectivity index (χ3n) is 6.00. The Kier molecular flexibility index (Phi) is 9.32. The first-order valence-electron chi connectivity index (χ1n) is 11.8. The molecular formula is C29H33ClN2O3. The summed E-state index contributed by atoms with van der Waals surface area (Å²) < 4.78 is 5.99. The fraction of sp³-hybridized carbons (Fsp3) is 0.310. The van der Waals surface area contributed by atoms with Crippen LogP contribution in [0.4, 0.5) is 0 Å². The van der Waals surface area contributed by atoms with E-state index in [0.717, 1.165) is 27.8 Å². The molecule has 0 bridgehead atoms. The van der Waals surface area contributed by atoms with Crippen LogP contribution in [0.25, 0.3) is 0 Å². The van der Waals surface area contributed by atoms with Crippen molar-refractivity contribution >= 4 is 23.4 Å². The number of nitrogens with zero attached hydrogens (tertiary/aromatic N) is 1. The van der Waals surface area contributed by atoms with Crippen molar-refractivity contribution < 1.29 is 14.3 Å². The van der Waals surface area contributed by atoms with Gasteiger partial charge in [-0.05, 0) is 73.7 Å². The van der Waals surface area contributed by atoms with Gasteiger partial charge in [0.05, 0.1) is 0 Å². The maximum absolute atomic E-state index is 13.6. The van der Waals surface area contributed by atoms with Crippen LogP contribution in [0.5, 0.6) is 5.75 Å². The molecule has 0 aliphatic heterocycles. The number of likely N-dealkylation sites (N-methyl/N-ethyl adjacent to an activating group) is 1. The first-order chi connectivity index (χ1) is 16.8. The van der Waals surface area contributed by atoms with E-state index in [2.05, 4.69) is 11.4 Å². The average molecular weight is 493 g/mol. The molecule has 5 nitrogen and oxygen atoms in total. The summed E-state index contributed by atoms with van der Waals surface area (Å²) in [6.45, 7) is 8.45. The molecule has 0 aromatic heterocycles. The van der Waals surface area contributed by atoms with Crippen molar-refractivity contribution in [3.8, 4) is 5.75 Å². The molecule has 2 amide bonds. The van der Waals surface area contributed by atoms with E-state index in [-0.39, 0.29) is 25.0 Å². The summed E-state index contributed by atoms with van der Waals surface area (Å²) in [6, 6.07) is 20.4. The molecule has 3 aromatic carbocycles. The second-order valence-corrected chi connectivity index (χ2v) is 9.18. The van der Waals surface area contributed by atoms with Crippen molar-refractivity contribution in [2.75, 3.05) is 13.2 Å². The van der Waals surface area contributed by atoms with E-state index in [0.29, 0.717) is 23.7 Å². The molecule has 0 saturated heterocycles. The van der Waals surface area contributed by atoms with Crippen molar-refractivity contribution in [3.63, 3.8) is 0 Å². The lowest BCUT2D eigenvalue weighted by Crippen LogP contribution is -2.51. The fourth-order valence-corrected chi connectivity index (χ4v) is 4.13. The van der Waals surface area contributed by atoms with Gasteiger partial charge < -0.3 is 15.0 Å². The fourth-order valence-electron chi connectivity index (χ4n) is 4.01. The van der Waals surface area contributed by atoms with E-state index < -0.39 is 6.04 Å². The average Bonchev–Trinajstić information content (AvgIpc) is 2.84. The van der Waals surface area contributed by atoms with Crippen LogP contribution in [-0.4, -0.2) is 35.9 Å². The van der Waals surface area contributed by atoms with Crippen molar-refractivity contribution in [2.24, 2.45) is 0 Å². The molecule has 0 fully saturated rings. The first-order valence-corrected chi connectivity index (χ1v) is 12.2. The van der Waals surface area contributed by atoms with Crippen LogP contribution < -0.4 is 10.1 Å². The number of hydrogen-bond acceptors (Lipinski definition) is 3. The molecule has 0 radical (unpaired) electrons. The zero-order valence-corrected chi connectivity index (χ0v) is 21.6. The number of rotatable bonds is 10. The lowest BCUT2D eigenvalue weighted by molar-refractivity contribution is -0.142. The normalized spacial score (nSPS) is 11.6. The number of amides is 2. The highest BCUT2D eigenvalue weighted by molar-refractivity contribution is 6.30. The van der Waals surface area contributed by atoms with Gasteiger partial charge in [-0.1, -0.05) is 60.1 Å². The largest absolute Gasteiger partial charge is 0.483 e. The van der Waals surface area contributed by atoms with E-state index in [1.807, 2.05) is 76.2 Å². The number of aryl methyl sites for hydroxylation is 2. The molecule has 35 heavy (non-hydrogen) atoms. The van der Waals surface area contributed by atoms with Crippen LogP contribution in [0, 0.1) is 20.8 Å². The van der Waals surface area contributed by atoms with Crippen LogP contribution in [-0.2, 0) is 22.6 Å². The number of halogens is 1. The Hall–Kier alpha value is -3.31. The molecule has 1 atom stereocenters. The summed E-state index contributed by atoms with van der Waals surface area (Å²) in [4.78, 5) is 28.4. The van der Waals surface area contributed by atoms with Crippen molar-refractivity contribution in [1.29, 1.82) is 0 Å². The van der Waals surface area contributed by atoms with E-state index >= 15 is 0 Å². The number of carbonyl (C=O) groups is 2. The Morgan fingerprint density at radius 1 is 0.971 bits per heavy atom. The molecule has 1 N–H and O–H groups in total. The topological polar surface area (TPSA) is 58.6 Å². The molecule has 184 valence electrons. The SMILES string of the molecule is CCNC(=O)[C@@H](Cc1ccccc1)N(Cc1ccc(Cl)cc1)C(=O)COc1cc(C)cc(C)c1C. The Balaban J connectivity index is 1.91. The smallest absolute Gasteiger partial charge is 0.261 e. The van der Waals surface area contributed by atoms with E-state index in [1.165, 1.54) is 0 Å². The van der Waals surface area contributed by atoms with Crippen LogP contribution in [0.15, 0.2) is 66.7 Å². The monoisotopic (exact) mass is 492 g/mol. The molecule has 3 rings (SSSR count). The summed E-state index contributed by atoms with van der Waals surface area (Å²) in [5, 5.41) is 3.51. The van der Waals surface area contributed by atoms with Gasteiger partial charge in [0.25, 0.3) is 5.91 Å². The lowest BCUT2D eigenvalue weighted by atomic mass is 10.0. The van der Waals surface area contributed by atoms with Gasteiger partial charge in [-0.3, -0.25) is 9.59 Å². The maximum atomic E-state index is 13.6. The number of nitrogens with one attached hydrogen (secondary N) is 1. The molecule has 0 saturated carbocycles. The quantitative estimate of drug-likeness (QED) is 0.411. The third kappa shape index (κ3) is 7.33. The zero-order chi connectivity index (χ0) is 25.4. The summed E-state index contributed by atoms with van der Waals surface area (Å²) >= 11 is 6.07. The summed E-state index contributed by atoms with van der Waals surface area (Å²) in [5.74, 6) is 0.229. The minimum Gasteiger partial charge on any atom is -0.483 e. The van der Waals surface area contributed by atoms with Gasteiger partial charge in [0.2, 0.25) is 5.91 Å². The van der Waals surface area contributed by atoms with Crippen molar-refractivity contribution in [2.45, 2.75) is 46.7 Å². The highest BCUT2D eigenvalue weighted by Gasteiger charge is 2.30. The Bertz CT molecular complexity index is 1150. The molecule has 0 spiro atoms. The number of carbonyl (C=O) groups excluding carboxylic acids is 2. The molecular weight excluding hydrogens is 460 g/mol. The second kappa shape index (κ2) is 12.4. The van der Waals surface area contributed by atoms with Gasteiger partial charge in [-0.25, -0.2) is 0 Å². The van der Waals surface area contributed by atoms with Gasteiger partial charge >= 0.3 is 0 Å². The van der Waals surface area contributed by atoms with Gasteiger partial charge in [-0.2, -0.15) is 0 Å². The van der Waals surface area contributed by atoms with Gasteiger partial charge in [-0.15, -0.1) is 0 Å². The predicted molar refractivity (Wildman–Crippen MR) is 141 cm³/mol. The maximum Gasteiger partial charge on any atom is 0.261 e. The highest BCUT2D eigenvalue weighted by atomic mass is 35.5. The third-order valence-corrected chi connectivity index (χ3v) is 6.26. The van der Waals surface area contributed by atoms with Gasteiger partial charge in [0, 0.05) is 24.5 Å². The number of benzene rings is 3. The van der Waals surface area contributed by atoms with Gasteiger partial charge in [0.1, 0.15) is 11.8 Å². The Morgan fingerprint density at radius 2 is 1.66 bits per heavy atom. The van der Waals surface area contributed by atoms with Gasteiger partial charge in [0.15, 0.2) is 6.61 Å². The summed E-state index contributed by atoms with van der Waals surface area (Å²) in [6.07, 6.45) is 0.397. The predicted octanol–water partition coefficient (Wildman–Crippen LogP) is 5.42. The highest BCUT2D eigenvalue weighted by Crippen LogP contribution is 2.24. The minimum atomic E-state index is -0.690. The van der Waals surface area contributed by atoms with E-state index in [1.54, 1.807) is 17.0 Å². The zero-order valence-electron chi connectivity index (χ0n) is 20.8. The molecule has 0 aliphatic carbocycles. The molecule has 0 aliphatic rings. The first kappa shape index (κ1) is 26.3. The molecule has 0 unspecified atom stereocenters. The lowest BCUT2D eigenvalue weighted by Gasteiger charge is -2.31. The van der Waals surface area contributed by atoms with Crippen LogP contribution in [0.1, 0.15) is 34.7 Å². The minimum absolute atomic E-state index is 0.165. The summed E-state index contributed by atoms with van der Waals surface area (Å²) in [5.41, 5.74) is 5.03. The van der Waals surface area contributed by atoms with Crippen LogP contribution >= 0.6 is 11.6 Å². The number of ether oxygens (including phenoxy) is 1. The molecule has 0 heterocycles.